The molecule has 0 amide bonds. The van der Waals surface area contributed by atoms with Gasteiger partial charge in [0.2, 0.25) is 0 Å². The van der Waals surface area contributed by atoms with Crippen LogP contribution in [-0.2, 0) is 4.84 Å². The summed E-state index contributed by atoms with van der Waals surface area (Å²) < 4.78 is 23.4. The Hall–Kier alpha value is -0.220. The number of alkyl halides is 2. The van der Waals surface area contributed by atoms with Crippen molar-refractivity contribution in [3.63, 3.8) is 0 Å². The Balaban J connectivity index is 2.18. The van der Waals surface area contributed by atoms with Gasteiger partial charge in [-0.3, -0.25) is 4.84 Å². The van der Waals surface area contributed by atoms with E-state index >= 15 is 0 Å². The SMILES string of the molecule is C[C@H]1CON(CC(F)F)C1. The minimum absolute atomic E-state index is 0.260. The molecule has 0 aliphatic carbocycles. The van der Waals surface area contributed by atoms with E-state index in [9.17, 15) is 8.78 Å². The lowest BCUT2D eigenvalue weighted by molar-refractivity contribution is -0.133. The van der Waals surface area contributed by atoms with E-state index in [1.54, 1.807) is 0 Å². The molecule has 0 saturated carbocycles. The van der Waals surface area contributed by atoms with Crippen LogP contribution < -0.4 is 0 Å². The van der Waals surface area contributed by atoms with E-state index in [1.165, 1.54) is 5.06 Å². The highest BCUT2D eigenvalue weighted by Crippen LogP contribution is 2.12. The van der Waals surface area contributed by atoms with Crippen molar-refractivity contribution < 1.29 is 13.6 Å². The first kappa shape index (κ1) is 7.88. The first-order chi connectivity index (χ1) is 4.68. The molecular formula is C6H11F2NO. The lowest BCUT2D eigenvalue weighted by Gasteiger charge is -2.11. The molecule has 0 aromatic heterocycles. The van der Waals surface area contributed by atoms with Crippen LogP contribution in [0, 0.1) is 5.92 Å². The Morgan fingerprint density at radius 1 is 1.70 bits per heavy atom. The second-order valence-electron chi connectivity index (χ2n) is 2.64. The minimum atomic E-state index is -2.29. The van der Waals surface area contributed by atoms with Crippen molar-refractivity contribution in [2.45, 2.75) is 13.3 Å². The van der Waals surface area contributed by atoms with Crippen molar-refractivity contribution in [1.29, 1.82) is 0 Å². The minimum Gasteiger partial charge on any atom is -0.298 e. The van der Waals surface area contributed by atoms with E-state index in [0.717, 1.165) is 0 Å². The highest BCUT2D eigenvalue weighted by Gasteiger charge is 2.22. The summed E-state index contributed by atoms with van der Waals surface area (Å²) in [7, 11) is 0. The molecule has 1 aliphatic rings. The van der Waals surface area contributed by atoms with Gasteiger partial charge in [-0.25, -0.2) is 8.78 Å². The van der Waals surface area contributed by atoms with Crippen molar-refractivity contribution in [2.24, 2.45) is 5.92 Å². The summed E-state index contributed by atoms with van der Waals surface area (Å²) >= 11 is 0. The molecule has 0 unspecified atom stereocenters. The zero-order valence-corrected chi connectivity index (χ0v) is 5.89. The fourth-order valence-electron chi connectivity index (χ4n) is 0.967. The highest BCUT2D eigenvalue weighted by molar-refractivity contribution is 4.61. The molecule has 1 rings (SSSR count). The van der Waals surface area contributed by atoms with Gasteiger partial charge >= 0.3 is 0 Å². The van der Waals surface area contributed by atoms with Gasteiger partial charge in [0.05, 0.1) is 13.2 Å². The van der Waals surface area contributed by atoms with Gasteiger partial charge in [0.25, 0.3) is 6.43 Å². The van der Waals surface area contributed by atoms with Crippen LogP contribution >= 0.6 is 0 Å². The first-order valence-electron chi connectivity index (χ1n) is 3.34. The Morgan fingerprint density at radius 2 is 2.40 bits per heavy atom. The standard InChI is InChI=1S/C6H11F2NO/c1-5-2-9(10-4-5)3-6(7)8/h5-6H,2-4H2,1H3/t5-/m1/s1. The summed E-state index contributed by atoms with van der Waals surface area (Å²) in [5.74, 6) is 0.388. The molecule has 60 valence electrons. The lowest BCUT2D eigenvalue weighted by atomic mass is 10.2. The Bertz CT molecular complexity index is 110. The molecule has 0 N–H and O–H groups in total. The second kappa shape index (κ2) is 3.25. The zero-order chi connectivity index (χ0) is 7.56. The van der Waals surface area contributed by atoms with Gasteiger partial charge in [0.1, 0.15) is 0 Å². The number of rotatable bonds is 2. The van der Waals surface area contributed by atoms with E-state index < -0.39 is 6.43 Å². The maximum absolute atomic E-state index is 11.7. The third-order valence-electron chi connectivity index (χ3n) is 1.40. The third kappa shape index (κ3) is 2.19. The quantitative estimate of drug-likeness (QED) is 0.586. The first-order valence-corrected chi connectivity index (χ1v) is 3.34. The van der Waals surface area contributed by atoms with Gasteiger partial charge < -0.3 is 0 Å². The fourth-order valence-corrected chi connectivity index (χ4v) is 0.967. The molecule has 0 spiro atoms. The van der Waals surface area contributed by atoms with Crippen molar-refractivity contribution >= 4 is 0 Å². The monoisotopic (exact) mass is 151 g/mol. The Morgan fingerprint density at radius 3 is 2.80 bits per heavy atom. The van der Waals surface area contributed by atoms with Crippen molar-refractivity contribution in [3.05, 3.63) is 0 Å². The van der Waals surface area contributed by atoms with Crippen LogP contribution in [0.25, 0.3) is 0 Å². The Kier molecular flexibility index (Phi) is 2.56. The van der Waals surface area contributed by atoms with E-state index in [-0.39, 0.29) is 6.54 Å². The summed E-state index contributed by atoms with van der Waals surface area (Å²) in [6, 6.07) is 0. The number of halogens is 2. The molecule has 2 nitrogen and oxygen atoms in total. The number of hydroxylamine groups is 2. The smallest absolute Gasteiger partial charge is 0.253 e. The lowest BCUT2D eigenvalue weighted by Crippen LogP contribution is -2.24. The Labute approximate surface area is 58.7 Å². The van der Waals surface area contributed by atoms with Crippen LogP contribution in [0.2, 0.25) is 0 Å². The molecule has 4 heteroatoms. The number of hydrogen-bond donors (Lipinski definition) is 0. The molecule has 1 heterocycles. The van der Waals surface area contributed by atoms with Crippen LogP contribution in [0.4, 0.5) is 8.78 Å². The highest BCUT2D eigenvalue weighted by atomic mass is 19.3. The predicted molar refractivity (Wildman–Crippen MR) is 32.7 cm³/mol. The van der Waals surface area contributed by atoms with Gasteiger partial charge in [-0.2, -0.15) is 5.06 Å². The van der Waals surface area contributed by atoms with Crippen LogP contribution in [0.5, 0.6) is 0 Å². The molecular weight excluding hydrogens is 140 g/mol. The largest absolute Gasteiger partial charge is 0.298 e. The summed E-state index contributed by atoms with van der Waals surface area (Å²) in [4.78, 5) is 4.93. The van der Waals surface area contributed by atoms with E-state index in [2.05, 4.69) is 0 Å². The summed E-state index contributed by atoms with van der Waals surface area (Å²) in [6.45, 7) is 2.92. The van der Waals surface area contributed by atoms with E-state index in [4.69, 9.17) is 4.84 Å². The van der Waals surface area contributed by atoms with Gasteiger partial charge in [-0.15, -0.1) is 0 Å². The summed E-state index contributed by atoms with van der Waals surface area (Å²) in [5.41, 5.74) is 0. The number of hydrogen-bond acceptors (Lipinski definition) is 2. The zero-order valence-electron chi connectivity index (χ0n) is 5.89. The van der Waals surface area contributed by atoms with Crippen LogP contribution in [0.3, 0.4) is 0 Å². The topological polar surface area (TPSA) is 12.5 Å². The van der Waals surface area contributed by atoms with Gasteiger partial charge in [-0.1, -0.05) is 6.92 Å². The van der Waals surface area contributed by atoms with E-state index in [0.29, 0.717) is 19.1 Å². The van der Waals surface area contributed by atoms with Crippen molar-refractivity contribution in [3.8, 4) is 0 Å². The molecule has 1 aliphatic heterocycles. The van der Waals surface area contributed by atoms with Gasteiger partial charge in [0, 0.05) is 6.54 Å². The van der Waals surface area contributed by atoms with Crippen molar-refractivity contribution in [2.75, 3.05) is 19.7 Å². The van der Waals surface area contributed by atoms with Crippen LogP contribution in [0.1, 0.15) is 6.92 Å². The molecule has 1 atom stereocenters. The fraction of sp³-hybridized carbons (Fsp3) is 1.00. The second-order valence-corrected chi connectivity index (χ2v) is 2.64. The average Bonchev–Trinajstić information content (AvgIpc) is 2.13. The predicted octanol–water partition coefficient (Wildman–Crippen LogP) is 1.13. The van der Waals surface area contributed by atoms with E-state index in [1.807, 2.05) is 6.92 Å². The maximum atomic E-state index is 11.7. The number of nitrogens with zero attached hydrogens (tertiary/aromatic N) is 1. The molecule has 0 aromatic carbocycles. The molecule has 0 aromatic rings. The van der Waals surface area contributed by atoms with Crippen LogP contribution in [-0.4, -0.2) is 31.2 Å². The summed E-state index contributed by atoms with van der Waals surface area (Å²) in [6.07, 6.45) is -2.29. The molecule has 0 bridgehead atoms. The molecule has 0 radical (unpaired) electrons. The maximum Gasteiger partial charge on any atom is 0.253 e. The molecule has 1 saturated heterocycles. The van der Waals surface area contributed by atoms with Crippen molar-refractivity contribution in [1.82, 2.24) is 5.06 Å². The van der Waals surface area contributed by atoms with Gasteiger partial charge in [-0.05, 0) is 5.92 Å². The van der Waals surface area contributed by atoms with Crippen LogP contribution in [0.15, 0.2) is 0 Å². The summed E-state index contributed by atoms with van der Waals surface area (Å²) in [5, 5.41) is 1.33. The third-order valence-corrected chi connectivity index (χ3v) is 1.40. The molecule has 1 fully saturated rings. The normalized spacial score (nSPS) is 28.2. The van der Waals surface area contributed by atoms with Gasteiger partial charge in [0.15, 0.2) is 0 Å². The molecule has 10 heavy (non-hydrogen) atoms. The average molecular weight is 151 g/mol.